The van der Waals surface area contributed by atoms with E-state index in [2.05, 4.69) is 12.6 Å². The summed E-state index contributed by atoms with van der Waals surface area (Å²) >= 11 is 5.83. The van der Waals surface area contributed by atoms with Crippen molar-refractivity contribution in [1.82, 2.24) is 0 Å². The highest BCUT2D eigenvalue weighted by Crippen LogP contribution is 2.28. The number of benzene rings is 1. The molecule has 13 heavy (non-hydrogen) atoms. The lowest BCUT2D eigenvalue weighted by molar-refractivity contribution is -0.387. The molecule has 0 amide bonds. The largest absolute Gasteiger partial charge is 0.285 e. The Morgan fingerprint density at radius 1 is 1.62 bits per heavy atom. The van der Waals surface area contributed by atoms with Crippen LogP contribution in [0, 0.1) is 25.0 Å². The molecule has 0 bridgehead atoms. The first-order chi connectivity index (χ1) is 6.06. The monoisotopic (exact) mass is 306 g/mol. The molecule has 0 aliphatic rings. The predicted molar refractivity (Wildman–Crippen MR) is 57.8 cm³/mol. The first-order valence-corrected chi connectivity index (χ1v) is 4.66. The van der Waals surface area contributed by atoms with Crippen molar-refractivity contribution in [2.24, 2.45) is 0 Å². The average Bonchev–Trinajstić information content (AvgIpc) is 2.08. The Morgan fingerprint density at radius 2 is 2.23 bits per heavy atom. The van der Waals surface area contributed by atoms with Gasteiger partial charge in [-0.15, -0.1) is 12.6 Å². The van der Waals surface area contributed by atoms with E-state index in [1.807, 2.05) is 28.7 Å². The molecule has 0 saturated heterocycles. The predicted octanol–water partition coefficient (Wildman–Crippen LogP) is 2.36. The van der Waals surface area contributed by atoms with Crippen molar-refractivity contribution in [3.8, 4) is 6.07 Å². The first-order valence-electron chi connectivity index (χ1n) is 3.13. The van der Waals surface area contributed by atoms with Gasteiger partial charge in [-0.2, -0.15) is 5.26 Å². The quantitative estimate of drug-likeness (QED) is 0.375. The van der Waals surface area contributed by atoms with Gasteiger partial charge in [-0.25, -0.2) is 0 Å². The molecular formula is C7H3IN2O2S. The molecule has 6 heteroatoms. The van der Waals surface area contributed by atoms with Gasteiger partial charge >= 0.3 is 0 Å². The second kappa shape index (κ2) is 3.93. The highest BCUT2D eigenvalue weighted by atomic mass is 127. The molecular weight excluding hydrogens is 303 g/mol. The summed E-state index contributed by atoms with van der Waals surface area (Å²) in [6.45, 7) is 0. The van der Waals surface area contributed by atoms with Crippen LogP contribution in [-0.2, 0) is 0 Å². The van der Waals surface area contributed by atoms with Crippen LogP contribution in [-0.4, -0.2) is 4.92 Å². The summed E-state index contributed by atoms with van der Waals surface area (Å²) in [5.41, 5.74) is 0.0914. The number of thiol groups is 1. The lowest BCUT2D eigenvalue weighted by Crippen LogP contribution is -1.93. The minimum Gasteiger partial charge on any atom is -0.258 e. The molecule has 0 unspecified atom stereocenters. The third kappa shape index (κ3) is 2.10. The van der Waals surface area contributed by atoms with Crippen LogP contribution in [0.4, 0.5) is 5.69 Å². The van der Waals surface area contributed by atoms with Crippen molar-refractivity contribution in [2.75, 3.05) is 0 Å². The zero-order chi connectivity index (χ0) is 10.0. The Morgan fingerprint density at radius 3 is 2.69 bits per heavy atom. The third-order valence-corrected chi connectivity index (χ3v) is 2.46. The minimum atomic E-state index is -0.550. The number of hydrogen-bond acceptors (Lipinski definition) is 4. The van der Waals surface area contributed by atoms with Crippen LogP contribution in [0.3, 0.4) is 0 Å². The standard InChI is InChI=1S/C7H3IN2O2S/c8-5-1-4(3-9)7(13)6(2-5)10(11)12/h1-2,13H. The zero-order valence-electron chi connectivity index (χ0n) is 6.19. The van der Waals surface area contributed by atoms with Gasteiger partial charge in [0.2, 0.25) is 0 Å². The van der Waals surface area contributed by atoms with E-state index in [4.69, 9.17) is 5.26 Å². The lowest BCUT2D eigenvalue weighted by atomic mass is 10.2. The average molecular weight is 306 g/mol. The molecule has 0 fully saturated rings. The van der Waals surface area contributed by atoms with E-state index in [-0.39, 0.29) is 16.1 Å². The lowest BCUT2D eigenvalue weighted by Gasteiger charge is -1.98. The van der Waals surface area contributed by atoms with E-state index in [1.54, 1.807) is 6.07 Å². The topological polar surface area (TPSA) is 66.9 Å². The van der Waals surface area contributed by atoms with Crippen LogP contribution < -0.4 is 0 Å². The SMILES string of the molecule is N#Cc1cc(I)cc([N+](=O)[O-])c1S. The maximum absolute atomic E-state index is 10.5. The van der Waals surface area contributed by atoms with E-state index in [0.29, 0.717) is 3.57 Å². The molecule has 0 spiro atoms. The third-order valence-electron chi connectivity index (χ3n) is 1.37. The fourth-order valence-electron chi connectivity index (χ4n) is 0.809. The Kier molecular flexibility index (Phi) is 3.11. The fraction of sp³-hybridized carbons (Fsp3) is 0. The second-order valence-corrected chi connectivity index (χ2v) is 3.88. The van der Waals surface area contributed by atoms with Gasteiger partial charge in [0.15, 0.2) is 0 Å². The molecule has 0 N–H and O–H groups in total. The van der Waals surface area contributed by atoms with Crippen molar-refractivity contribution in [3.63, 3.8) is 0 Å². The number of halogens is 1. The maximum atomic E-state index is 10.5. The summed E-state index contributed by atoms with van der Waals surface area (Å²) in [5.74, 6) is 0. The maximum Gasteiger partial charge on any atom is 0.285 e. The molecule has 0 aliphatic heterocycles. The normalized spacial score (nSPS) is 9.31. The second-order valence-electron chi connectivity index (χ2n) is 2.19. The van der Waals surface area contributed by atoms with E-state index < -0.39 is 4.92 Å². The molecule has 66 valence electrons. The minimum absolute atomic E-state index is 0.118. The number of nitro groups is 1. The number of rotatable bonds is 1. The Labute approximate surface area is 93.3 Å². The Bertz CT molecular complexity index is 414. The van der Waals surface area contributed by atoms with Crippen molar-refractivity contribution < 1.29 is 4.92 Å². The molecule has 1 aromatic carbocycles. The molecule has 0 saturated carbocycles. The van der Waals surface area contributed by atoms with Gasteiger partial charge in [-0.1, -0.05) is 0 Å². The van der Waals surface area contributed by atoms with Crippen molar-refractivity contribution in [3.05, 3.63) is 31.4 Å². The van der Waals surface area contributed by atoms with Gasteiger partial charge in [0.1, 0.15) is 6.07 Å². The van der Waals surface area contributed by atoms with Crippen LogP contribution in [0.2, 0.25) is 0 Å². The van der Waals surface area contributed by atoms with E-state index >= 15 is 0 Å². The summed E-state index contributed by atoms with van der Waals surface area (Å²) in [6.07, 6.45) is 0. The Balaban J connectivity index is 3.47. The van der Waals surface area contributed by atoms with Gasteiger partial charge in [0, 0.05) is 9.64 Å². The molecule has 1 rings (SSSR count). The summed E-state index contributed by atoms with van der Waals surface area (Å²) in [6, 6.07) is 4.78. The van der Waals surface area contributed by atoms with Gasteiger partial charge < -0.3 is 0 Å². The molecule has 0 aliphatic carbocycles. The number of nitro benzene ring substituents is 1. The van der Waals surface area contributed by atoms with E-state index in [9.17, 15) is 10.1 Å². The van der Waals surface area contributed by atoms with Crippen LogP contribution in [0.25, 0.3) is 0 Å². The van der Waals surface area contributed by atoms with E-state index in [1.165, 1.54) is 6.07 Å². The summed E-state index contributed by atoms with van der Waals surface area (Å²) in [7, 11) is 0. The van der Waals surface area contributed by atoms with Gasteiger partial charge in [0.05, 0.1) is 15.4 Å². The van der Waals surface area contributed by atoms with Gasteiger partial charge in [-0.3, -0.25) is 10.1 Å². The highest BCUT2D eigenvalue weighted by molar-refractivity contribution is 14.1. The molecule has 4 nitrogen and oxygen atoms in total. The number of nitrogens with zero attached hydrogens (tertiary/aromatic N) is 2. The zero-order valence-corrected chi connectivity index (χ0v) is 9.24. The number of nitriles is 1. The van der Waals surface area contributed by atoms with Gasteiger partial charge in [-0.05, 0) is 28.7 Å². The van der Waals surface area contributed by atoms with Crippen molar-refractivity contribution in [2.45, 2.75) is 4.90 Å². The molecule has 0 aromatic heterocycles. The first kappa shape index (κ1) is 10.3. The molecule has 1 aromatic rings. The fourth-order valence-corrected chi connectivity index (χ4v) is 1.68. The molecule has 0 heterocycles. The summed E-state index contributed by atoms with van der Waals surface area (Å²) in [5, 5.41) is 19.1. The van der Waals surface area contributed by atoms with E-state index in [0.717, 1.165) is 0 Å². The molecule has 0 atom stereocenters. The van der Waals surface area contributed by atoms with Crippen LogP contribution in [0.15, 0.2) is 17.0 Å². The van der Waals surface area contributed by atoms with Gasteiger partial charge in [0.25, 0.3) is 5.69 Å². The van der Waals surface area contributed by atoms with Crippen LogP contribution in [0.1, 0.15) is 5.56 Å². The number of hydrogen-bond donors (Lipinski definition) is 1. The van der Waals surface area contributed by atoms with Crippen LogP contribution in [0.5, 0.6) is 0 Å². The Hall–Kier alpha value is -0.810. The highest BCUT2D eigenvalue weighted by Gasteiger charge is 2.15. The molecule has 0 radical (unpaired) electrons. The van der Waals surface area contributed by atoms with Crippen LogP contribution >= 0.6 is 35.2 Å². The summed E-state index contributed by atoms with van der Waals surface area (Å²) < 4.78 is 0.652. The van der Waals surface area contributed by atoms with Crippen molar-refractivity contribution >= 4 is 40.9 Å². The smallest absolute Gasteiger partial charge is 0.258 e. The van der Waals surface area contributed by atoms with Crippen molar-refractivity contribution in [1.29, 1.82) is 5.26 Å². The summed E-state index contributed by atoms with van der Waals surface area (Å²) in [4.78, 5) is 10.1.